The average Bonchev–Trinajstić information content (AvgIpc) is 3.19. The Balaban J connectivity index is 1.83. The highest BCUT2D eigenvalue weighted by atomic mass is 32.2. The molecule has 0 aliphatic carbocycles. The molecule has 0 bridgehead atoms. The average molecular weight is 401 g/mol. The normalized spacial score (nSPS) is 12.2. The largest absolute Gasteiger partial charge is 0.467 e. The van der Waals surface area contributed by atoms with Crippen molar-refractivity contribution in [1.82, 2.24) is 14.5 Å². The highest BCUT2D eigenvalue weighted by molar-refractivity contribution is 7.99. The molecule has 0 spiro atoms. The molecule has 7 nitrogen and oxygen atoms in total. The predicted molar refractivity (Wildman–Crippen MR) is 108 cm³/mol. The molecule has 1 unspecified atom stereocenters. The van der Waals surface area contributed by atoms with E-state index in [2.05, 4.69) is 4.98 Å². The molecule has 0 aliphatic rings. The van der Waals surface area contributed by atoms with Gasteiger partial charge in [-0.25, -0.2) is 4.98 Å². The Morgan fingerprint density at radius 2 is 2.11 bits per heavy atom. The van der Waals surface area contributed by atoms with Crippen LogP contribution in [0.15, 0.2) is 57.0 Å². The third-order valence-corrected chi connectivity index (χ3v) is 5.29. The SMILES string of the molecule is COCC(C)n1c(SCC(=O)N(C)Cc2ccco2)nc2ccccc2c1=O. The predicted octanol–water partition coefficient (Wildman–Crippen LogP) is 2.95. The van der Waals surface area contributed by atoms with Gasteiger partial charge in [0.2, 0.25) is 5.91 Å². The van der Waals surface area contributed by atoms with Gasteiger partial charge in [0.05, 0.1) is 42.1 Å². The molecule has 3 rings (SSSR count). The van der Waals surface area contributed by atoms with E-state index in [9.17, 15) is 9.59 Å². The van der Waals surface area contributed by atoms with Crippen LogP contribution in [-0.4, -0.2) is 46.9 Å². The number of furan rings is 1. The summed E-state index contributed by atoms with van der Waals surface area (Å²) in [6, 6.07) is 10.6. The number of amides is 1. The fourth-order valence-corrected chi connectivity index (χ4v) is 3.93. The van der Waals surface area contributed by atoms with Gasteiger partial charge in [0.25, 0.3) is 5.56 Å². The molecule has 148 valence electrons. The minimum absolute atomic E-state index is 0.0743. The standard InChI is InChI=1S/C20H23N3O4S/c1-14(12-26-3)23-19(25)16-8-4-5-9-17(16)21-20(23)28-13-18(24)22(2)11-15-7-6-10-27-15/h4-10,14H,11-13H2,1-3H3. The van der Waals surface area contributed by atoms with Gasteiger partial charge < -0.3 is 14.1 Å². The first-order valence-corrected chi connectivity index (χ1v) is 9.89. The summed E-state index contributed by atoms with van der Waals surface area (Å²) in [4.78, 5) is 31.7. The summed E-state index contributed by atoms with van der Waals surface area (Å²) in [5.74, 6) is 0.812. The number of hydrogen-bond donors (Lipinski definition) is 0. The molecular weight excluding hydrogens is 378 g/mol. The van der Waals surface area contributed by atoms with Crippen LogP contribution in [0, 0.1) is 0 Å². The number of para-hydroxylation sites is 1. The van der Waals surface area contributed by atoms with Crippen LogP contribution in [0.1, 0.15) is 18.7 Å². The van der Waals surface area contributed by atoms with Crippen LogP contribution in [0.5, 0.6) is 0 Å². The quantitative estimate of drug-likeness (QED) is 0.427. The molecule has 0 N–H and O–H groups in total. The molecule has 1 amide bonds. The first-order chi connectivity index (χ1) is 13.5. The topological polar surface area (TPSA) is 77.6 Å². The number of carbonyl (C=O) groups excluding carboxylic acids is 1. The van der Waals surface area contributed by atoms with Gasteiger partial charge in [0.15, 0.2) is 5.16 Å². The smallest absolute Gasteiger partial charge is 0.262 e. The van der Waals surface area contributed by atoms with E-state index in [1.165, 1.54) is 11.8 Å². The molecule has 0 saturated heterocycles. The molecule has 1 atom stereocenters. The minimum Gasteiger partial charge on any atom is -0.467 e. The maximum atomic E-state index is 13.0. The van der Waals surface area contributed by atoms with Crippen LogP contribution in [0.3, 0.4) is 0 Å². The summed E-state index contributed by atoms with van der Waals surface area (Å²) < 4.78 is 12.1. The maximum absolute atomic E-state index is 13.0. The number of nitrogens with zero attached hydrogens (tertiary/aromatic N) is 3. The first-order valence-electron chi connectivity index (χ1n) is 8.90. The van der Waals surface area contributed by atoms with Gasteiger partial charge in [0.1, 0.15) is 5.76 Å². The Morgan fingerprint density at radius 1 is 1.32 bits per heavy atom. The van der Waals surface area contributed by atoms with Crippen molar-refractivity contribution < 1.29 is 13.9 Å². The van der Waals surface area contributed by atoms with Gasteiger partial charge in [-0.1, -0.05) is 23.9 Å². The van der Waals surface area contributed by atoms with E-state index in [4.69, 9.17) is 9.15 Å². The van der Waals surface area contributed by atoms with Crippen LogP contribution in [0.25, 0.3) is 10.9 Å². The lowest BCUT2D eigenvalue weighted by Crippen LogP contribution is -2.30. The second-order valence-corrected chi connectivity index (χ2v) is 7.45. The van der Waals surface area contributed by atoms with E-state index in [1.54, 1.807) is 48.1 Å². The molecule has 2 aromatic heterocycles. The van der Waals surface area contributed by atoms with Crippen molar-refractivity contribution in [3.63, 3.8) is 0 Å². The van der Waals surface area contributed by atoms with E-state index in [0.717, 1.165) is 5.76 Å². The number of thioether (sulfide) groups is 1. The van der Waals surface area contributed by atoms with Crippen LogP contribution in [-0.2, 0) is 16.1 Å². The van der Waals surface area contributed by atoms with Gasteiger partial charge >= 0.3 is 0 Å². The van der Waals surface area contributed by atoms with Gasteiger partial charge in [-0.05, 0) is 31.2 Å². The van der Waals surface area contributed by atoms with Crippen molar-refractivity contribution in [2.45, 2.75) is 24.7 Å². The second kappa shape index (κ2) is 9.07. The van der Waals surface area contributed by atoms with Gasteiger partial charge in [-0.2, -0.15) is 0 Å². The van der Waals surface area contributed by atoms with E-state index in [-0.39, 0.29) is 23.3 Å². The second-order valence-electron chi connectivity index (χ2n) is 6.51. The highest BCUT2D eigenvalue weighted by Gasteiger charge is 2.19. The van der Waals surface area contributed by atoms with Crippen molar-refractivity contribution in [3.8, 4) is 0 Å². The van der Waals surface area contributed by atoms with Gasteiger partial charge in [-0.3, -0.25) is 14.2 Å². The molecular formula is C20H23N3O4S. The number of hydrogen-bond acceptors (Lipinski definition) is 6. The Kier molecular flexibility index (Phi) is 6.53. The maximum Gasteiger partial charge on any atom is 0.262 e. The van der Waals surface area contributed by atoms with Gasteiger partial charge in [-0.15, -0.1) is 0 Å². The lowest BCUT2D eigenvalue weighted by Gasteiger charge is -2.20. The summed E-state index contributed by atoms with van der Waals surface area (Å²) in [7, 11) is 3.32. The van der Waals surface area contributed by atoms with Crippen LogP contribution in [0.2, 0.25) is 0 Å². The Labute approximate surface area is 167 Å². The number of methoxy groups -OCH3 is 1. The third-order valence-electron chi connectivity index (χ3n) is 4.35. The van der Waals surface area contributed by atoms with Crippen molar-refractivity contribution in [2.24, 2.45) is 0 Å². The van der Waals surface area contributed by atoms with E-state index < -0.39 is 0 Å². The fraction of sp³-hybridized carbons (Fsp3) is 0.350. The zero-order chi connectivity index (χ0) is 20.1. The number of aromatic nitrogens is 2. The summed E-state index contributed by atoms with van der Waals surface area (Å²) in [5, 5.41) is 1.06. The molecule has 1 aromatic carbocycles. The molecule has 28 heavy (non-hydrogen) atoms. The molecule has 0 aliphatic heterocycles. The number of rotatable bonds is 8. The monoisotopic (exact) mass is 401 g/mol. The minimum atomic E-state index is -0.201. The number of ether oxygens (including phenoxy) is 1. The molecule has 3 aromatic rings. The Bertz CT molecular complexity index is 1000. The molecule has 0 saturated carbocycles. The van der Waals surface area contributed by atoms with E-state index in [1.807, 2.05) is 25.1 Å². The molecule has 0 radical (unpaired) electrons. The van der Waals surface area contributed by atoms with Crippen molar-refractivity contribution in [2.75, 3.05) is 26.5 Å². The van der Waals surface area contributed by atoms with Crippen molar-refractivity contribution in [3.05, 3.63) is 58.8 Å². The number of carbonyl (C=O) groups is 1. The lowest BCUT2D eigenvalue weighted by atomic mass is 10.2. The van der Waals surface area contributed by atoms with Crippen LogP contribution >= 0.6 is 11.8 Å². The molecule has 0 fully saturated rings. The summed E-state index contributed by atoms with van der Waals surface area (Å²) in [6.45, 7) is 2.67. The lowest BCUT2D eigenvalue weighted by molar-refractivity contribution is -0.127. The fourth-order valence-electron chi connectivity index (χ4n) is 2.89. The summed E-state index contributed by atoms with van der Waals surface area (Å²) in [6.07, 6.45) is 1.58. The molecule has 2 heterocycles. The van der Waals surface area contributed by atoms with Crippen LogP contribution in [0.4, 0.5) is 0 Å². The van der Waals surface area contributed by atoms with Crippen molar-refractivity contribution in [1.29, 1.82) is 0 Å². The summed E-state index contributed by atoms with van der Waals surface area (Å²) in [5.41, 5.74) is 0.487. The highest BCUT2D eigenvalue weighted by Crippen LogP contribution is 2.22. The van der Waals surface area contributed by atoms with E-state index in [0.29, 0.717) is 29.2 Å². The van der Waals surface area contributed by atoms with Crippen molar-refractivity contribution >= 4 is 28.6 Å². The number of fused-ring (bicyclic) bond motifs is 1. The zero-order valence-electron chi connectivity index (χ0n) is 16.1. The van der Waals surface area contributed by atoms with E-state index >= 15 is 0 Å². The number of benzene rings is 1. The summed E-state index contributed by atoms with van der Waals surface area (Å²) >= 11 is 1.25. The molecule has 8 heteroatoms. The Morgan fingerprint density at radius 3 is 2.82 bits per heavy atom. The zero-order valence-corrected chi connectivity index (χ0v) is 16.9. The van der Waals surface area contributed by atoms with Crippen LogP contribution < -0.4 is 5.56 Å². The first kappa shape index (κ1) is 20.2. The van der Waals surface area contributed by atoms with Gasteiger partial charge in [0, 0.05) is 14.2 Å². The third kappa shape index (κ3) is 4.45. The Hall–Kier alpha value is -2.58.